The molecule has 2 aromatic heterocycles. The minimum atomic E-state index is 0.858. The molecule has 0 bridgehead atoms. The van der Waals surface area contributed by atoms with E-state index in [0.29, 0.717) is 0 Å². The zero-order chi connectivity index (χ0) is 45.7. The highest BCUT2D eigenvalue weighted by Gasteiger charge is 2.21. The van der Waals surface area contributed by atoms with Gasteiger partial charge in [-0.15, -0.1) is 0 Å². The van der Waals surface area contributed by atoms with Crippen LogP contribution in [0.15, 0.2) is 271 Å². The van der Waals surface area contributed by atoms with E-state index in [9.17, 15) is 0 Å². The van der Waals surface area contributed by atoms with Crippen LogP contribution in [0.2, 0.25) is 0 Å². The number of hydrogen-bond acceptors (Lipinski definition) is 2. The smallest absolute Gasteiger partial charge is 0.137 e. The molecule has 0 saturated carbocycles. The molecular weight excluding hydrogens is 837 g/mol. The van der Waals surface area contributed by atoms with E-state index in [1.807, 2.05) is 6.07 Å². The van der Waals surface area contributed by atoms with Crippen molar-refractivity contribution in [2.24, 2.45) is 0 Å². The first-order valence-corrected chi connectivity index (χ1v) is 23.6. The van der Waals surface area contributed by atoms with Crippen molar-refractivity contribution < 1.29 is 4.42 Å². The molecule has 2 heterocycles. The molecule has 13 rings (SSSR count). The maximum absolute atomic E-state index is 6.47. The highest BCUT2D eigenvalue weighted by molar-refractivity contribution is 6.14. The molecule has 0 aliphatic heterocycles. The molecule has 0 spiro atoms. The molecule has 3 heteroatoms. The van der Waals surface area contributed by atoms with E-state index in [0.717, 1.165) is 55.8 Å². The summed E-state index contributed by atoms with van der Waals surface area (Å²) in [6, 6.07) is 96.0. The number of nitrogens with zero attached hydrogens (tertiary/aromatic N) is 2. The molecule has 3 nitrogen and oxygen atoms in total. The molecule has 69 heavy (non-hydrogen) atoms. The zero-order valence-electron chi connectivity index (χ0n) is 37.7. The van der Waals surface area contributed by atoms with Crippen molar-refractivity contribution in [2.45, 2.75) is 0 Å². The van der Waals surface area contributed by atoms with E-state index in [2.05, 4.69) is 270 Å². The van der Waals surface area contributed by atoms with Crippen molar-refractivity contribution >= 4 is 60.8 Å². The quantitative estimate of drug-likeness (QED) is 0.144. The SMILES string of the molecule is c1ccc(-c2ccccc2-c2ccccc2-c2ccccc2-c2ccc(N(c3ccc(-c4ccc5c(c4)c4ccccc4n5-c4ccccc4)cc3)c3cccc4oc5ccccc5c34)cc2)cc1. The van der Waals surface area contributed by atoms with Gasteiger partial charge in [-0.3, -0.25) is 0 Å². The van der Waals surface area contributed by atoms with Gasteiger partial charge < -0.3 is 13.9 Å². The van der Waals surface area contributed by atoms with Crippen LogP contribution in [0.3, 0.4) is 0 Å². The molecule has 0 saturated heterocycles. The minimum absolute atomic E-state index is 0.858. The average Bonchev–Trinajstić information content (AvgIpc) is 3.98. The monoisotopic (exact) mass is 880 g/mol. The number of fused-ring (bicyclic) bond motifs is 6. The molecule has 0 N–H and O–H groups in total. The van der Waals surface area contributed by atoms with Gasteiger partial charge in [0, 0.05) is 33.2 Å². The van der Waals surface area contributed by atoms with Crippen LogP contribution in [0.1, 0.15) is 0 Å². The first-order chi connectivity index (χ1) is 34.2. The zero-order valence-corrected chi connectivity index (χ0v) is 37.7. The normalized spacial score (nSPS) is 11.5. The molecule has 0 atom stereocenters. The summed E-state index contributed by atoms with van der Waals surface area (Å²) in [6.45, 7) is 0. The van der Waals surface area contributed by atoms with Gasteiger partial charge in [-0.2, -0.15) is 0 Å². The summed E-state index contributed by atoms with van der Waals surface area (Å²) in [7, 11) is 0. The second kappa shape index (κ2) is 16.9. The third kappa shape index (κ3) is 6.99. The van der Waals surface area contributed by atoms with Crippen molar-refractivity contribution in [2.75, 3.05) is 4.90 Å². The van der Waals surface area contributed by atoms with Crippen LogP contribution >= 0.6 is 0 Å². The van der Waals surface area contributed by atoms with Crippen molar-refractivity contribution in [3.63, 3.8) is 0 Å². The van der Waals surface area contributed by atoms with E-state index in [1.54, 1.807) is 0 Å². The number of para-hydroxylation sites is 3. The van der Waals surface area contributed by atoms with Gasteiger partial charge in [-0.25, -0.2) is 0 Å². The maximum atomic E-state index is 6.47. The lowest BCUT2D eigenvalue weighted by Crippen LogP contribution is -2.10. The second-order valence-electron chi connectivity index (χ2n) is 17.6. The van der Waals surface area contributed by atoms with E-state index in [-0.39, 0.29) is 0 Å². The van der Waals surface area contributed by atoms with E-state index < -0.39 is 0 Å². The second-order valence-corrected chi connectivity index (χ2v) is 17.6. The standard InChI is InChI=1S/C66H44N2O/c1-3-18-46(19-4-1)52-22-7-9-24-54(52)56-26-11-12-27-57(56)55-25-10-8-23-53(55)47-36-41-51(42-37-47)67(63-31-17-33-65-66(63)59-29-14-16-32-64(59)69-65)50-39-34-45(35-40-50)48-38-43-62-60(44-48)58-28-13-15-30-61(58)68(62)49-20-5-2-6-21-49/h1-44H. The van der Waals surface area contributed by atoms with E-state index in [1.165, 1.54) is 66.3 Å². The summed E-state index contributed by atoms with van der Waals surface area (Å²) in [4.78, 5) is 2.37. The Bertz CT molecular complexity index is 4000. The number of rotatable bonds is 9. The van der Waals surface area contributed by atoms with Gasteiger partial charge in [0.15, 0.2) is 0 Å². The van der Waals surface area contributed by atoms with E-state index >= 15 is 0 Å². The maximum Gasteiger partial charge on any atom is 0.137 e. The molecule has 0 radical (unpaired) electrons. The fourth-order valence-electron chi connectivity index (χ4n) is 10.5. The van der Waals surface area contributed by atoms with Gasteiger partial charge >= 0.3 is 0 Å². The first kappa shape index (κ1) is 40.1. The van der Waals surface area contributed by atoms with Gasteiger partial charge in [-0.1, -0.05) is 194 Å². The van der Waals surface area contributed by atoms with Gasteiger partial charge in [0.25, 0.3) is 0 Å². The minimum Gasteiger partial charge on any atom is -0.456 e. The van der Waals surface area contributed by atoms with Crippen molar-refractivity contribution in [3.05, 3.63) is 267 Å². The van der Waals surface area contributed by atoms with Crippen LogP contribution in [0, 0.1) is 0 Å². The predicted octanol–water partition coefficient (Wildman–Crippen LogP) is 18.5. The lowest BCUT2D eigenvalue weighted by atomic mass is 9.87. The Kier molecular flexibility index (Phi) is 9.84. The summed E-state index contributed by atoms with van der Waals surface area (Å²) < 4.78 is 8.83. The Labute approximate surface area is 401 Å². The number of aromatic nitrogens is 1. The third-order valence-electron chi connectivity index (χ3n) is 13.7. The molecule has 324 valence electrons. The Morgan fingerprint density at radius 1 is 0.290 bits per heavy atom. The Morgan fingerprint density at radius 2 is 0.754 bits per heavy atom. The molecular formula is C66H44N2O. The summed E-state index contributed by atoms with van der Waals surface area (Å²) in [5, 5.41) is 4.65. The Morgan fingerprint density at radius 3 is 1.41 bits per heavy atom. The molecule has 0 unspecified atom stereocenters. The predicted molar refractivity (Wildman–Crippen MR) is 290 cm³/mol. The molecule has 11 aromatic carbocycles. The van der Waals surface area contributed by atoms with Gasteiger partial charge in [-0.05, 0) is 128 Å². The molecule has 0 amide bonds. The van der Waals surface area contributed by atoms with Gasteiger partial charge in [0.2, 0.25) is 0 Å². The highest BCUT2D eigenvalue weighted by atomic mass is 16.3. The fraction of sp³-hybridized carbons (Fsp3) is 0. The largest absolute Gasteiger partial charge is 0.456 e. The van der Waals surface area contributed by atoms with Crippen molar-refractivity contribution in [3.8, 4) is 61.3 Å². The molecule has 0 aliphatic rings. The molecule has 13 aromatic rings. The van der Waals surface area contributed by atoms with Gasteiger partial charge in [0.05, 0.1) is 22.1 Å². The Balaban J connectivity index is 0.910. The Hall–Kier alpha value is -9.18. The van der Waals surface area contributed by atoms with Crippen LogP contribution in [0.25, 0.3) is 105 Å². The number of furan rings is 1. The summed E-state index contributed by atoms with van der Waals surface area (Å²) in [5.41, 5.74) is 20.3. The summed E-state index contributed by atoms with van der Waals surface area (Å²) in [6.07, 6.45) is 0. The molecule has 0 fully saturated rings. The van der Waals surface area contributed by atoms with E-state index in [4.69, 9.17) is 4.42 Å². The van der Waals surface area contributed by atoms with Gasteiger partial charge in [0.1, 0.15) is 11.2 Å². The summed E-state index contributed by atoms with van der Waals surface area (Å²) in [5.74, 6) is 0. The summed E-state index contributed by atoms with van der Waals surface area (Å²) >= 11 is 0. The molecule has 0 aliphatic carbocycles. The first-order valence-electron chi connectivity index (χ1n) is 23.6. The van der Waals surface area contributed by atoms with Crippen LogP contribution in [0.5, 0.6) is 0 Å². The lowest BCUT2D eigenvalue weighted by Gasteiger charge is -2.27. The number of benzene rings is 11. The third-order valence-corrected chi connectivity index (χ3v) is 13.7. The lowest BCUT2D eigenvalue weighted by molar-refractivity contribution is 0.669. The highest BCUT2D eigenvalue weighted by Crippen LogP contribution is 2.46. The fourth-order valence-corrected chi connectivity index (χ4v) is 10.5. The van der Waals surface area contributed by atoms with Crippen LogP contribution in [0.4, 0.5) is 17.1 Å². The van der Waals surface area contributed by atoms with Crippen LogP contribution in [-0.2, 0) is 0 Å². The van der Waals surface area contributed by atoms with Crippen LogP contribution in [-0.4, -0.2) is 4.57 Å². The van der Waals surface area contributed by atoms with Crippen molar-refractivity contribution in [1.82, 2.24) is 4.57 Å². The number of anilines is 3. The number of hydrogen-bond donors (Lipinski definition) is 0. The van der Waals surface area contributed by atoms with Crippen molar-refractivity contribution in [1.29, 1.82) is 0 Å². The average molecular weight is 881 g/mol. The topological polar surface area (TPSA) is 21.3 Å². The van der Waals surface area contributed by atoms with Crippen LogP contribution < -0.4 is 4.90 Å².